The quantitative estimate of drug-likeness (QED) is 0.862. The number of aromatic nitrogens is 2. The summed E-state index contributed by atoms with van der Waals surface area (Å²) in [5, 5.41) is 8.92. The molecule has 0 aromatic carbocycles. The van der Waals surface area contributed by atoms with E-state index in [9.17, 15) is 4.79 Å². The highest BCUT2D eigenvalue weighted by molar-refractivity contribution is 9.10. The molecule has 4 nitrogen and oxygen atoms in total. The van der Waals surface area contributed by atoms with Gasteiger partial charge in [0.05, 0.1) is 15.5 Å². The third-order valence-electron chi connectivity index (χ3n) is 2.20. The Balaban J connectivity index is 1.68. The number of carbonyl (C=O) groups excluding carboxylic acids is 1. The lowest BCUT2D eigenvalue weighted by atomic mass is 10.4. The molecule has 1 N–H and O–H groups in total. The fourth-order valence-electron chi connectivity index (χ4n) is 1.40. The average Bonchev–Trinajstić information content (AvgIpc) is 2.95. The Morgan fingerprint density at radius 3 is 3.12 bits per heavy atom. The summed E-state index contributed by atoms with van der Waals surface area (Å²) in [4.78, 5) is 12.3. The zero-order valence-corrected chi connectivity index (χ0v) is 11.5. The molecule has 0 saturated heterocycles. The van der Waals surface area contributed by atoms with Gasteiger partial charge in [-0.15, -0.1) is 11.3 Å². The van der Waals surface area contributed by atoms with Crippen molar-refractivity contribution in [2.45, 2.75) is 13.0 Å². The first-order chi connectivity index (χ1) is 8.25. The molecule has 2 aromatic rings. The molecule has 0 aliphatic carbocycles. The second-order valence-corrected chi connectivity index (χ2v) is 5.37. The zero-order valence-electron chi connectivity index (χ0n) is 9.10. The van der Waals surface area contributed by atoms with Crippen molar-refractivity contribution in [3.63, 3.8) is 0 Å². The van der Waals surface area contributed by atoms with Crippen molar-refractivity contribution < 1.29 is 4.79 Å². The van der Waals surface area contributed by atoms with E-state index in [1.54, 1.807) is 6.20 Å². The van der Waals surface area contributed by atoms with Crippen molar-refractivity contribution in [1.82, 2.24) is 15.1 Å². The van der Waals surface area contributed by atoms with E-state index in [0.717, 1.165) is 22.3 Å². The largest absolute Gasteiger partial charge is 0.351 e. The third kappa shape index (κ3) is 3.67. The van der Waals surface area contributed by atoms with Crippen LogP contribution in [0.15, 0.2) is 34.4 Å². The minimum atomic E-state index is 0.00152. The van der Waals surface area contributed by atoms with E-state index >= 15 is 0 Å². The van der Waals surface area contributed by atoms with Gasteiger partial charge in [-0.2, -0.15) is 5.10 Å². The van der Waals surface area contributed by atoms with Crippen molar-refractivity contribution in [2.24, 2.45) is 0 Å². The number of carbonyl (C=O) groups is 1. The maximum atomic E-state index is 11.6. The molecule has 17 heavy (non-hydrogen) atoms. The molecule has 0 saturated carbocycles. The number of hydrogen-bond donors (Lipinski definition) is 1. The third-order valence-corrected chi connectivity index (χ3v) is 3.47. The van der Waals surface area contributed by atoms with E-state index in [4.69, 9.17) is 0 Å². The standard InChI is InChI=1S/C11H12BrN3OS/c12-9-7-14-15(8-9)5-2-4-13-11(16)10-3-1-6-17-10/h1,3,6-8H,2,4-5H2,(H,13,16). The Morgan fingerprint density at radius 2 is 2.47 bits per heavy atom. The summed E-state index contributed by atoms with van der Waals surface area (Å²) in [5.41, 5.74) is 0. The Labute approximate surface area is 112 Å². The van der Waals surface area contributed by atoms with Gasteiger partial charge in [0.2, 0.25) is 0 Å². The number of rotatable bonds is 5. The Hall–Kier alpha value is -1.14. The Kier molecular flexibility index (Phi) is 4.33. The topological polar surface area (TPSA) is 46.9 Å². The minimum Gasteiger partial charge on any atom is -0.351 e. The predicted molar refractivity (Wildman–Crippen MR) is 71.2 cm³/mol. The maximum absolute atomic E-state index is 11.6. The highest BCUT2D eigenvalue weighted by atomic mass is 79.9. The molecular formula is C11H12BrN3OS. The lowest BCUT2D eigenvalue weighted by Crippen LogP contribution is -2.24. The fourth-order valence-corrected chi connectivity index (χ4v) is 2.37. The van der Waals surface area contributed by atoms with Crippen LogP contribution in [0.5, 0.6) is 0 Å². The molecule has 0 unspecified atom stereocenters. The number of amides is 1. The van der Waals surface area contributed by atoms with Gasteiger partial charge in [-0.05, 0) is 33.8 Å². The summed E-state index contributed by atoms with van der Waals surface area (Å²) < 4.78 is 2.82. The van der Waals surface area contributed by atoms with Crippen LogP contribution >= 0.6 is 27.3 Å². The smallest absolute Gasteiger partial charge is 0.261 e. The van der Waals surface area contributed by atoms with Crippen molar-refractivity contribution >= 4 is 33.2 Å². The van der Waals surface area contributed by atoms with E-state index < -0.39 is 0 Å². The number of hydrogen-bond acceptors (Lipinski definition) is 3. The molecule has 90 valence electrons. The molecule has 6 heteroatoms. The van der Waals surface area contributed by atoms with E-state index in [-0.39, 0.29) is 5.91 Å². The molecule has 0 radical (unpaired) electrons. The van der Waals surface area contributed by atoms with Crippen molar-refractivity contribution in [1.29, 1.82) is 0 Å². The Morgan fingerprint density at radius 1 is 1.59 bits per heavy atom. The first kappa shape index (κ1) is 12.3. The van der Waals surface area contributed by atoms with Crippen LogP contribution in [0.3, 0.4) is 0 Å². The van der Waals surface area contributed by atoms with Gasteiger partial charge in [0.25, 0.3) is 5.91 Å². The first-order valence-corrected chi connectivity index (χ1v) is 6.92. The van der Waals surface area contributed by atoms with Crippen molar-refractivity contribution in [2.75, 3.05) is 6.54 Å². The van der Waals surface area contributed by atoms with E-state index in [1.807, 2.05) is 28.4 Å². The lowest BCUT2D eigenvalue weighted by molar-refractivity contribution is 0.0956. The number of nitrogens with one attached hydrogen (secondary N) is 1. The van der Waals surface area contributed by atoms with Gasteiger partial charge < -0.3 is 5.32 Å². The monoisotopic (exact) mass is 313 g/mol. The van der Waals surface area contributed by atoms with Gasteiger partial charge >= 0.3 is 0 Å². The van der Waals surface area contributed by atoms with Gasteiger partial charge in [-0.3, -0.25) is 9.48 Å². The van der Waals surface area contributed by atoms with Gasteiger partial charge in [0, 0.05) is 19.3 Å². The van der Waals surface area contributed by atoms with Crippen LogP contribution in [0.1, 0.15) is 16.1 Å². The maximum Gasteiger partial charge on any atom is 0.261 e. The number of thiophene rings is 1. The van der Waals surface area contributed by atoms with Gasteiger partial charge in [0.15, 0.2) is 0 Å². The molecule has 0 spiro atoms. The predicted octanol–water partition coefficient (Wildman–Crippen LogP) is 2.53. The molecule has 1 amide bonds. The molecule has 0 aliphatic heterocycles. The average molecular weight is 314 g/mol. The molecule has 2 heterocycles. The fraction of sp³-hybridized carbons (Fsp3) is 0.273. The van der Waals surface area contributed by atoms with Crippen LogP contribution in [0, 0.1) is 0 Å². The number of aryl methyl sites for hydroxylation is 1. The van der Waals surface area contributed by atoms with Crippen LogP contribution in [0.2, 0.25) is 0 Å². The highest BCUT2D eigenvalue weighted by Gasteiger charge is 2.04. The van der Waals surface area contributed by atoms with Crippen LogP contribution < -0.4 is 5.32 Å². The summed E-state index contributed by atoms with van der Waals surface area (Å²) in [7, 11) is 0. The Bertz CT molecular complexity index is 481. The van der Waals surface area contributed by atoms with E-state index in [2.05, 4.69) is 26.3 Å². The van der Waals surface area contributed by atoms with Crippen molar-refractivity contribution in [3.05, 3.63) is 39.3 Å². The molecule has 2 aromatic heterocycles. The second-order valence-electron chi connectivity index (χ2n) is 3.51. The molecule has 0 aliphatic rings. The summed E-state index contributed by atoms with van der Waals surface area (Å²) in [6, 6.07) is 3.70. The van der Waals surface area contributed by atoms with Crippen LogP contribution in [0.4, 0.5) is 0 Å². The molecular weight excluding hydrogens is 302 g/mol. The van der Waals surface area contributed by atoms with E-state index in [1.165, 1.54) is 11.3 Å². The van der Waals surface area contributed by atoms with Crippen LogP contribution in [-0.2, 0) is 6.54 Å². The highest BCUT2D eigenvalue weighted by Crippen LogP contribution is 2.08. The van der Waals surface area contributed by atoms with Gasteiger partial charge in [0.1, 0.15) is 0 Å². The van der Waals surface area contributed by atoms with E-state index in [0.29, 0.717) is 6.54 Å². The molecule has 0 fully saturated rings. The summed E-state index contributed by atoms with van der Waals surface area (Å²) >= 11 is 4.79. The first-order valence-electron chi connectivity index (χ1n) is 5.25. The summed E-state index contributed by atoms with van der Waals surface area (Å²) in [5.74, 6) is 0.00152. The number of halogens is 1. The summed E-state index contributed by atoms with van der Waals surface area (Å²) in [6.07, 6.45) is 4.54. The van der Waals surface area contributed by atoms with Gasteiger partial charge in [-0.25, -0.2) is 0 Å². The minimum absolute atomic E-state index is 0.00152. The molecule has 0 atom stereocenters. The summed E-state index contributed by atoms with van der Waals surface area (Å²) in [6.45, 7) is 1.46. The number of nitrogens with zero attached hydrogens (tertiary/aromatic N) is 2. The zero-order chi connectivity index (χ0) is 12.1. The molecule has 0 bridgehead atoms. The second kappa shape index (κ2) is 5.97. The lowest BCUT2D eigenvalue weighted by Gasteiger charge is -2.03. The normalized spacial score (nSPS) is 10.4. The van der Waals surface area contributed by atoms with Crippen LogP contribution in [0.25, 0.3) is 0 Å². The molecule has 2 rings (SSSR count). The SMILES string of the molecule is O=C(NCCCn1cc(Br)cn1)c1cccs1. The van der Waals surface area contributed by atoms with Crippen LogP contribution in [-0.4, -0.2) is 22.2 Å². The van der Waals surface area contributed by atoms with Crippen molar-refractivity contribution in [3.8, 4) is 0 Å². The van der Waals surface area contributed by atoms with Gasteiger partial charge in [-0.1, -0.05) is 6.07 Å².